The lowest BCUT2D eigenvalue weighted by Gasteiger charge is -2.34. The summed E-state index contributed by atoms with van der Waals surface area (Å²) >= 11 is 0.503. The minimum Gasteiger partial charge on any atom is -0.345 e. The number of rotatable bonds is 7. The molecular formula is C25H26F6N4OS. The first-order valence-electron chi connectivity index (χ1n) is 11.4. The van der Waals surface area contributed by atoms with Crippen LogP contribution < -0.4 is 11.1 Å². The number of benzene rings is 1. The Morgan fingerprint density at radius 3 is 2.30 bits per heavy atom. The van der Waals surface area contributed by atoms with E-state index in [1.165, 1.54) is 19.2 Å². The molecule has 5 nitrogen and oxygen atoms in total. The van der Waals surface area contributed by atoms with Crippen molar-refractivity contribution in [3.63, 3.8) is 0 Å². The van der Waals surface area contributed by atoms with E-state index >= 15 is 0 Å². The third-order valence-corrected chi connectivity index (χ3v) is 7.35. The zero-order valence-corrected chi connectivity index (χ0v) is 21.3. The summed E-state index contributed by atoms with van der Waals surface area (Å²) in [5.41, 5.74) is 4.10. The highest BCUT2D eigenvalue weighted by Crippen LogP contribution is 2.41. The van der Waals surface area contributed by atoms with E-state index in [0.29, 0.717) is 23.3 Å². The van der Waals surface area contributed by atoms with Gasteiger partial charge in [-0.2, -0.15) is 26.3 Å². The van der Waals surface area contributed by atoms with Gasteiger partial charge in [0.15, 0.2) is 5.69 Å². The molecule has 2 heterocycles. The van der Waals surface area contributed by atoms with Gasteiger partial charge in [-0.3, -0.25) is 9.78 Å². The minimum absolute atomic E-state index is 0.0845. The molecular weight excluding hydrogens is 518 g/mol. The summed E-state index contributed by atoms with van der Waals surface area (Å²) in [4.78, 5) is 20.2. The third-order valence-electron chi connectivity index (χ3n) is 6.29. The van der Waals surface area contributed by atoms with Gasteiger partial charge >= 0.3 is 12.4 Å². The highest BCUT2D eigenvalue weighted by molar-refractivity contribution is 7.17. The quantitative estimate of drug-likeness (QED) is 0.315. The summed E-state index contributed by atoms with van der Waals surface area (Å²) in [5, 5.41) is 2.23. The van der Waals surface area contributed by atoms with Crippen LogP contribution in [0.4, 0.5) is 26.3 Å². The van der Waals surface area contributed by atoms with Crippen LogP contribution in [-0.4, -0.2) is 15.9 Å². The maximum atomic E-state index is 13.9. The molecule has 12 heteroatoms. The van der Waals surface area contributed by atoms with Gasteiger partial charge < -0.3 is 11.1 Å². The summed E-state index contributed by atoms with van der Waals surface area (Å²) in [6.45, 7) is 7.01. The van der Waals surface area contributed by atoms with Gasteiger partial charge in [0.25, 0.3) is 5.91 Å². The van der Waals surface area contributed by atoms with Crippen LogP contribution in [0.15, 0.2) is 42.6 Å². The van der Waals surface area contributed by atoms with Gasteiger partial charge in [-0.15, -0.1) is 11.3 Å². The zero-order chi connectivity index (χ0) is 27.8. The van der Waals surface area contributed by atoms with Gasteiger partial charge in [0.2, 0.25) is 0 Å². The number of carbonyl (C=O) groups excluding carboxylic acids is 1. The third kappa shape index (κ3) is 5.96. The topological polar surface area (TPSA) is 80.9 Å². The monoisotopic (exact) mass is 544 g/mol. The number of hydrogen-bond acceptors (Lipinski definition) is 5. The smallest absolute Gasteiger partial charge is 0.345 e. The number of hydrogen-bond donors (Lipinski definition) is 2. The van der Waals surface area contributed by atoms with Crippen LogP contribution in [-0.2, 0) is 17.9 Å². The molecule has 0 radical (unpaired) electrons. The highest BCUT2D eigenvalue weighted by Gasteiger charge is 2.41. The fraction of sp³-hybridized carbons (Fsp3) is 0.400. The van der Waals surface area contributed by atoms with E-state index in [2.05, 4.69) is 15.3 Å². The molecule has 0 bridgehead atoms. The van der Waals surface area contributed by atoms with E-state index in [-0.39, 0.29) is 22.2 Å². The first kappa shape index (κ1) is 28.6. The van der Waals surface area contributed by atoms with E-state index in [1.807, 2.05) is 20.8 Å². The lowest BCUT2D eigenvalue weighted by atomic mass is 9.78. The Morgan fingerprint density at radius 1 is 1.05 bits per heavy atom. The van der Waals surface area contributed by atoms with Crippen molar-refractivity contribution < 1.29 is 31.1 Å². The number of alkyl halides is 6. The lowest BCUT2D eigenvalue weighted by Crippen LogP contribution is -2.41. The second kappa shape index (κ2) is 10.4. The Labute approximate surface area is 214 Å². The predicted octanol–water partition coefficient (Wildman–Crippen LogP) is 6.95. The molecule has 3 rings (SSSR count). The minimum atomic E-state index is -4.96. The number of halogens is 6. The number of pyridine rings is 1. The van der Waals surface area contributed by atoms with Crippen molar-refractivity contribution in [1.29, 1.82) is 0 Å². The molecule has 0 aliphatic heterocycles. The van der Waals surface area contributed by atoms with Crippen LogP contribution in [0.25, 0.3) is 10.7 Å². The van der Waals surface area contributed by atoms with E-state index in [1.54, 1.807) is 12.1 Å². The molecule has 2 unspecified atom stereocenters. The van der Waals surface area contributed by atoms with Gasteiger partial charge in [0, 0.05) is 17.3 Å². The number of aromatic nitrogens is 2. The standard InChI is InChI=1S/C25H26F6N4OS/c1-5-23(32,13(2)3)17-10-7-11-33-18(17)22-35-20(25(29,30)31)19(37-22)21(36)34-14(4)15-8-6-9-16(12-15)24(26,27)28/h6-14H,5,32H2,1-4H3,(H,34,36). The fourth-order valence-electron chi connectivity index (χ4n) is 3.96. The Morgan fingerprint density at radius 2 is 1.73 bits per heavy atom. The van der Waals surface area contributed by atoms with Crippen molar-refractivity contribution >= 4 is 17.2 Å². The largest absolute Gasteiger partial charge is 0.435 e. The molecule has 0 saturated heterocycles. The van der Waals surface area contributed by atoms with E-state index in [0.717, 1.165) is 18.2 Å². The summed E-state index contributed by atoms with van der Waals surface area (Å²) in [5.74, 6) is -1.20. The van der Waals surface area contributed by atoms with Gasteiger partial charge in [0.1, 0.15) is 15.6 Å². The van der Waals surface area contributed by atoms with Crippen molar-refractivity contribution in [1.82, 2.24) is 15.3 Å². The Kier molecular flexibility index (Phi) is 8.04. The van der Waals surface area contributed by atoms with Crippen molar-refractivity contribution in [2.24, 2.45) is 11.7 Å². The van der Waals surface area contributed by atoms with Gasteiger partial charge in [-0.25, -0.2) is 4.98 Å². The Bertz CT molecular complexity index is 1270. The maximum Gasteiger partial charge on any atom is 0.435 e. The maximum absolute atomic E-state index is 13.9. The number of nitrogens with two attached hydrogens (primary N) is 1. The SMILES string of the molecule is CCC(N)(c1cccnc1-c1nc(C(F)(F)F)c(C(=O)NC(C)c2cccc(C(F)(F)F)c2)s1)C(C)C. The van der Waals surface area contributed by atoms with Crippen molar-refractivity contribution in [3.05, 3.63) is 69.9 Å². The van der Waals surface area contributed by atoms with Crippen molar-refractivity contribution in [2.45, 2.75) is 58.0 Å². The summed E-state index contributed by atoms with van der Waals surface area (Å²) in [6, 6.07) is 6.51. The number of nitrogens with one attached hydrogen (secondary N) is 1. The molecule has 3 N–H and O–H groups in total. The molecule has 37 heavy (non-hydrogen) atoms. The van der Waals surface area contributed by atoms with Gasteiger partial charge in [-0.1, -0.05) is 39.0 Å². The molecule has 0 aliphatic carbocycles. The highest BCUT2D eigenvalue weighted by atomic mass is 32.1. The summed E-state index contributed by atoms with van der Waals surface area (Å²) < 4.78 is 80.9. The number of nitrogens with zero attached hydrogens (tertiary/aromatic N) is 2. The molecule has 1 aromatic carbocycles. The molecule has 1 amide bonds. The first-order chi connectivity index (χ1) is 17.1. The fourth-order valence-corrected chi connectivity index (χ4v) is 4.96. The number of thiazole rings is 1. The van der Waals surface area contributed by atoms with Crippen LogP contribution in [0.5, 0.6) is 0 Å². The van der Waals surface area contributed by atoms with Crippen LogP contribution in [0.1, 0.15) is 72.2 Å². The first-order valence-corrected chi connectivity index (χ1v) is 12.2. The van der Waals surface area contributed by atoms with Crippen molar-refractivity contribution in [2.75, 3.05) is 0 Å². The average Bonchev–Trinajstić information content (AvgIpc) is 3.29. The van der Waals surface area contributed by atoms with Crippen LogP contribution in [0.3, 0.4) is 0 Å². The summed E-state index contributed by atoms with van der Waals surface area (Å²) in [7, 11) is 0. The molecule has 2 atom stereocenters. The molecule has 2 aromatic heterocycles. The Balaban J connectivity index is 2.04. The molecule has 0 spiro atoms. The Hall–Kier alpha value is -2.99. The van der Waals surface area contributed by atoms with E-state index in [9.17, 15) is 31.1 Å². The molecule has 3 aromatic rings. The van der Waals surface area contributed by atoms with Crippen LogP contribution >= 0.6 is 11.3 Å². The zero-order valence-electron chi connectivity index (χ0n) is 20.5. The normalized spacial score (nSPS) is 14.9. The lowest BCUT2D eigenvalue weighted by molar-refractivity contribution is -0.141. The second-order valence-electron chi connectivity index (χ2n) is 8.96. The molecule has 0 aliphatic rings. The van der Waals surface area contributed by atoms with Gasteiger partial charge in [-0.05, 0) is 43.0 Å². The number of amides is 1. The van der Waals surface area contributed by atoms with Gasteiger partial charge in [0.05, 0.1) is 11.6 Å². The van der Waals surface area contributed by atoms with Crippen molar-refractivity contribution in [3.8, 4) is 10.7 Å². The van der Waals surface area contributed by atoms with E-state index in [4.69, 9.17) is 5.73 Å². The second-order valence-corrected chi connectivity index (χ2v) is 9.96. The molecule has 200 valence electrons. The predicted molar refractivity (Wildman–Crippen MR) is 129 cm³/mol. The molecule has 0 fully saturated rings. The summed E-state index contributed by atoms with van der Waals surface area (Å²) in [6.07, 6.45) is -7.69. The number of carbonyl (C=O) groups is 1. The molecule has 0 saturated carbocycles. The van der Waals surface area contributed by atoms with Crippen LogP contribution in [0, 0.1) is 5.92 Å². The van der Waals surface area contributed by atoms with E-state index < -0.39 is 46.0 Å². The van der Waals surface area contributed by atoms with Crippen LogP contribution in [0.2, 0.25) is 0 Å². The average molecular weight is 545 g/mol.